The van der Waals surface area contributed by atoms with Gasteiger partial charge in [-0.25, -0.2) is 0 Å². The third-order valence-corrected chi connectivity index (χ3v) is 5.62. The highest BCUT2D eigenvalue weighted by molar-refractivity contribution is 5.88. The molecule has 4 heteroatoms. The van der Waals surface area contributed by atoms with Crippen LogP contribution in [-0.4, -0.2) is 28.8 Å². The zero-order valence-electron chi connectivity index (χ0n) is 18.6. The average molecular weight is 395 g/mol. The lowest BCUT2D eigenvalue weighted by molar-refractivity contribution is -0.140. The maximum Gasteiger partial charge on any atom is 0.242 e. The number of amides is 2. The first-order chi connectivity index (χ1) is 13.7. The highest BCUT2D eigenvalue weighted by Gasteiger charge is 2.27. The van der Waals surface area contributed by atoms with Crippen molar-refractivity contribution in [2.45, 2.75) is 73.0 Å². The number of aryl methyl sites for hydroxylation is 3. The van der Waals surface area contributed by atoms with E-state index in [1.807, 2.05) is 71.9 Å². The van der Waals surface area contributed by atoms with Crippen molar-refractivity contribution in [2.24, 2.45) is 0 Å². The van der Waals surface area contributed by atoms with Crippen LogP contribution in [-0.2, 0) is 22.6 Å². The number of hydrogen-bond donors (Lipinski definition) is 1. The van der Waals surface area contributed by atoms with Crippen LogP contribution in [0.3, 0.4) is 0 Å². The number of carbonyl (C=O) groups excluding carboxylic acids is 2. The van der Waals surface area contributed by atoms with Gasteiger partial charge in [-0.2, -0.15) is 0 Å². The molecular formula is C25H34N2O2. The van der Waals surface area contributed by atoms with E-state index in [1.54, 1.807) is 4.90 Å². The Balaban J connectivity index is 2.29. The molecule has 0 saturated carbocycles. The second-order valence-electron chi connectivity index (χ2n) is 8.05. The highest BCUT2D eigenvalue weighted by Crippen LogP contribution is 2.17. The second-order valence-corrected chi connectivity index (χ2v) is 8.05. The zero-order chi connectivity index (χ0) is 21.6. The van der Waals surface area contributed by atoms with Crippen LogP contribution in [0, 0.1) is 20.8 Å². The minimum absolute atomic E-state index is 0.0336. The summed E-state index contributed by atoms with van der Waals surface area (Å²) in [5.74, 6) is -0.143. The van der Waals surface area contributed by atoms with Gasteiger partial charge in [-0.05, 0) is 63.3 Å². The van der Waals surface area contributed by atoms with Crippen molar-refractivity contribution in [1.29, 1.82) is 0 Å². The molecule has 0 aliphatic rings. The molecule has 0 saturated heterocycles. The molecule has 0 aromatic heterocycles. The maximum absolute atomic E-state index is 13.3. The predicted octanol–water partition coefficient (Wildman–Crippen LogP) is 4.49. The van der Waals surface area contributed by atoms with Gasteiger partial charge in [0.15, 0.2) is 0 Å². The first kappa shape index (κ1) is 22.7. The van der Waals surface area contributed by atoms with Crippen molar-refractivity contribution < 1.29 is 9.59 Å². The van der Waals surface area contributed by atoms with Crippen molar-refractivity contribution in [2.75, 3.05) is 0 Å². The number of hydrogen-bond acceptors (Lipinski definition) is 2. The molecule has 1 N–H and O–H groups in total. The first-order valence-corrected chi connectivity index (χ1v) is 10.4. The van der Waals surface area contributed by atoms with Crippen LogP contribution in [0.4, 0.5) is 0 Å². The van der Waals surface area contributed by atoms with Gasteiger partial charge >= 0.3 is 0 Å². The maximum atomic E-state index is 13.3. The summed E-state index contributed by atoms with van der Waals surface area (Å²) in [5, 5.41) is 3.02. The number of carbonyl (C=O) groups is 2. The molecule has 2 aromatic carbocycles. The Morgan fingerprint density at radius 1 is 0.966 bits per heavy atom. The van der Waals surface area contributed by atoms with Crippen LogP contribution in [0.2, 0.25) is 0 Å². The van der Waals surface area contributed by atoms with E-state index in [1.165, 1.54) is 0 Å². The number of benzene rings is 2. The molecule has 29 heavy (non-hydrogen) atoms. The molecule has 156 valence electrons. The van der Waals surface area contributed by atoms with Gasteiger partial charge in [0.1, 0.15) is 6.04 Å². The van der Waals surface area contributed by atoms with Gasteiger partial charge in [-0.3, -0.25) is 9.59 Å². The van der Waals surface area contributed by atoms with Crippen LogP contribution < -0.4 is 5.32 Å². The van der Waals surface area contributed by atoms with E-state index in [0.29, 0.717) is 13.0 Å². The summed E-state index contributed by atoms with van der Waals surface area (Å²) in [7, 11) is 0. The van der Waals surface area contributed by atoms with E-state index in [4.69, 9.17) is 0 Å². The lowest BCUT2D eigenvalue weighted by Gasteiger charge is -2.30. The molecule has 4 nitrogen and oxygen atoms in total. The number of nitrogens with zero attached hydrogens (tertiary/aromatic N) is 1. The van der Waals surface area contributed by atoms with E-state index in [9.17, 15) is 9.59 Å². The zero-order valence-corrected chi connectivity index (χ0v) is 18.6. The number of nitrogens with one attached hydrogen (secondary N) is 1. The van der Waals surface area contributed by atoms with E-state index in [0.717, 1.165) is 34.2 Å². The lowest BCUT2D eigenvalue weighted by atomic mass is 10.0. The topological polar surface area (TPSA) is 49.4 Å². The first-order valence-electron chi connectivity index (χ1n) is 10.4. The van der Waals surface area contributed by atoms with E-state index < -0.39 is 6.04 Å². The third-order valence-electron chi connectivity index (χ3n) is 5.62. The van der Waals surface area contributed by atoms with Crippen molar-refractivity contribution >= 4 is 11.8 Å². The predicted molar refractivity (Wildman–Crippen MR) is 119 cm³/mol. The van der Waals surface area contributed by atoms with Gasteiger partial charge in [0.25, 0.3) is 0 Å². The monoisotopic (exact) mass is 394 g/mol. The summed E-state index contributed by atoms with van der Waals surface area (Å²) < 4.78 is 0. The largest absolute Gasteiger partial charge is 0.352 e. The average Bonchev–Trinajstić information content (AvgIpc) is 2.69. The van der Waals surface area contributed by atoms with Crippen LogP contribution in [0.1, 0.15) is 55.0 Å². The van der Waals surface area contributed by atoms with Gasteiger partial charge in [0, 0.05) is 12.6 Å². The summed E-state index contributed by atoms with van der Waals surface area (Å²) in [6, 6.07) is 13.7. The van der Waals surface area contributed by atoms with Gasteiger partial charge in [-0.1, -0.05) is 55.0 Å². The Kier molecular flexibility index (Phi) is 8.00. The highest BCUT2D eigenvalue weighted by atomic mass is 16.2. The molecule has 0 heterocycles. The summed E-state index contributed by atoms with van der Waals surface area (Å²) in [5.41, 5.74) is 5.42. The molecule has 0 aliphatic heterocycles. The van der Waals surface area contributed by atoms with E-state index >= 15 is 0 Å². The minimum Gasteiger partial charge on any atom is -0.352 e. The summed E-state index contributed by atoms with van der Waals surface area (Å²) >= 11 is 0. The van der Waals surface area contributed by atoms with Gasteiger partial charge in [0.05, 0.1) is 6.42 Å². The molecule has 0 fully saturated rings. The lowest BCUT2D eigenvalue weighted by Crippen LogP contribution is -2.50. The molecule has 0 aliphatic carbocycles. The Morgan fingerprint density at radius 2 is 1.62 bits per heavy atom. The molecule has 0 bridgehead atoms. The van der Waals surface area contributed by atoms with Crippen LogP contribution in [0.5, 0.6) is 0 Å². The van der Waals surface area contributed by atoms with Crippen LogP contribution in [0.25, 0.3) is 0 Å². The summed E-state index contributed by atoms with van der Waals surface area (Å²) in [6.07, 6.45) is 1.15. The van der Waals surface area contributed by atoms with Gasteiger partial charge in [-0.15, -0.1) is 0 Å². The molecular weight excluding hydrogens is 360 g/mol. The molecule has 2 atom stereocenters. The molecule has 0 spiro atoms. The standard InChI is InChI=1S/C25H34N2O2/c1-7-20(5)26-25(29)21(6)27(16-22-11-9-8-10-18(22)3)24(28)15-23-14-17(2)12-13-19(23)4/h8-14,20-21H,7,15-16H2,1-6H3,(H,26,29)/t20-,21+/m0/s1. The van der Waals surface area contributed by atoms with Crippen molar-refractivity contribution in [3.8, 4) is 0 Å². The van der Waals surface area contributed by atoms with Crippen molar-refractivity contribution in [3.05, 3.63) is 70.3 Å². The molecule has 2 aromatic rings. The van der Waals surface area contributed by atoms with Gasteiger partial charge in [0.2, 0.25) is 11.8 Å². The summed E-state index contributed by atoms with van der Waals surface area (Å²) in [6.45, 7) is 12.3. The number of rotatable bonds is 8. The van der Waals surface area contributed by atoms with Gasteiger partial charge < -0.3 is 10.2 Å². The smallest absolute Gasteiger partial charge is 0.242 e. The van der Waals surface area contributed by atoms with E-state index in [-0.39, 0.29) is 17.9 Å². The fourth-order valence-electron chi connectivity index (χ4n) is 3.27. The molecule has 2 amide bonds. The molecule has 0 radical (unpaired) electrons. The van der Waals surface area contributed by atoms with Crippen molar-refractivity contribution in [1.82, 2.24) is 10.2 Å². The molecule has 2 rings (SSSR count). The normalized spacial score (nSPS) is 12.9. The second kappa shape index (κ2) is 10.2. The van der Waals surface area contributed by atoms with Crippen molar-refractivity contribution in [3.63, 3.8) is 0 Å². The van der Waals surface area contributed by atoms with E-state index in [2.05, 4.69) is 17.4 Å². The Morgan fingerprint density at radius 3 is 2.28 bits per heavy atom. The Bertz CT molecular complexity index is 860. The fourth-order valence-corrected chi connectivity index (χ4v) is 3.27. The fraction of sp³-hybridized carbons (Fsp3) is 0.440. The Labute approximate surface area is 175 Å². The minimum atomic E-state index is -0.541. The quantitative estimate of drug-likeness (QED) is 0.717. The third kappa shape index (κ3) is 6.18. The van der Waals surface area contributed by atoms with Crippen LogP contribution in [0.15, 0.2) is 42.5 Å². The molecule has 0 unspecified atom stereocenters. The SMILES string of the molecule is CC[C@H](C)NC(=O)[C@@H](C)N(Cc1ccccc1C)C(=O)Cc1cc(C)ccc1C. The summed E-state index contributed by atoms with van der Waals surface area (Å²) in [4.78, 5) is 27.9. The van der Waals surface area contributed by atoms with Crippen LogP contribution >= 0.6 is 0 Å². The Hall–Kier alpha value is -2.62.